The molecule has 1 unspecified atom stereocenters. The minimum absolute atomic E-state index is 1.25. The van der Waals surface area contributed by atoms with Gasteiger partial charge in [-0.2, -0.15) is 57.1 Å². The van der Waals surface area contributed by atoms with Gasteiger partial charge in [-0.05, 0) is 0 Å². The zero-order valence-corrected chi connectivity index (χ0v) is 10.3. The molecule has 1 aliphatic rings. The number of halogens is 13. The lowest BCUT2D eigenvalue weighted by Gasteiger charge is -2.39. The van der Waals surface area contributed by atoms with Crippen LogP contribution in [0.4, 0.5) is 57.1 Å². The average molecular weight is 376 g/mol. The Hall–Kier alpha value is -0.950. The van der Waals surface area contributed by atoms with E-state index in [0.717, 1.165) is 0 Å². The van der Waals surface area contributed by atoms with Gasteiger partial charge in [0.2, 0.25) is 0 Å². The monoisotopic (exact) mass is 376 g/mol. The molecule has 1 saturated heterocycles. The Kier molecular flexibility index (Phi) is 4.39. The summed E-state index contributed by atoms with van der Waals surface area (Å²) in [5.41, 5.74) is 0. The van der Waals surface area contributed by atoms with E-state index in [1.165, 1.54) is 0 Å². The van der Waals surface area contributed by atoms with E-state index >= 15 is 0 Å². The van der Waals surface area contributed by atoms with Gasteiger partial charge < -0.3 is 4.74 Å². The lowest BCUT2D eigenvalue weighted by atomic mass is 9.92. The molecule has 0 saturated carbocycles. The van der Waals surface area contributed by atoms with Crippen LogP contribution in [0.2, 0.25) is 0 Å². The molecule has 0 aliphatic carbocycles. The lowest BCUT2D eigenvalue weighted by molar-refractivity contribution is -0.409. The fraction of sp³-hybridized carbons (Fsp3) is 1.00. The Balaban J connectivity index is 3.27. The summed E-state index contributed by atoms with van der Waals surface area (Å²) in [4.78, 5) is 0. The molecule has 1 heterocycles. The Morgan fingerprint density at radius 1 is 0.652 bits per heavy atom. The summed E-state index contributed by atoms with van der Waals surface area (Å²) in [5.74, 6) is -34.8. The maximum atomic E-state index is 13.1. The van der Waals surface area contributed by atoms with Gasteiger partial charge in [0.25, 0.3) is 0 Å². The van der Waals surface area contributed by atoms with Crippen LogP contribution in [0.25, 0.3) is 0 Å². The van der Waals surface area contributed by atoms with Crippen molar-refractivity contribution in [3.8, 4) is 0 Å². The SMILES string of the molecule is FC(F)(F)CC(F)(F)C(F)(F)C(F)(F)C(F)(F)C(F)(F)C1CO1. The Labute approximate surface area is 118 Å². The highest BCUT2D eigenvalue weighted by atomic mass is 19.4. The second kappa shape index (κ2) is 5.02. The summed E-state index contributed by atoms with van der Waals surface area (Å²) in [7, 11) is 0. The number of alkyl halides is 13. The smallest absolute Gasteiger partial charge is 0.366 e. The van der Waals surface area contributed by atoms with Crippen LogP contribution in [0, 0.1) is 0 Å². The van der Waals surface area contributed by atoms with Crippen LogP contribution in [0.1, 0.15) is 6.42 Å². The van der Waals surface area contributed by atoms with Crippen molar-refractivity contribution in [2.45, 2.75) is 48.3 Å². The van der Waals surface area contributed by atoms with E-state index in [9.17, 15) is 57.1 Å². The van der Waals surface area contributed by atoms with E-state index in [4.69, 9.17) is 0 Å². The van der Waals surface area contributed by atoms with E-state index in [1.54, 1.807) is 0 Å². The van der Waals surface area contributed by atoms with Crippen LogP contribution in [-0.4, -0.2) is 48.5 Å². The summed E-state index contributed by atoms with van der Waals surface area (Å²) in [6.07, 6.45) is -13.0. The van der Waals surface area contributed by atoms with Gasteiger partial charge in [0.1, 0.15) is 6.42 Å². The second-order valence-corrected chi connectivity index (χ2v) is 4.66. The first-order valence-electron chi connectivity index (χ1n) is 5.39. The van der Waals surface area contributed by atoms with Crippen LogP contribution < -0.4 is 0 Å². The van der Waals surface area contributed by atoms with E-state index in [1.807, 2.05) is 0 Å². The Bertz CT molecular complexity index is 447. The highest BCUT2D eigenvalue weighted by Crippen LogP contribution is 2.60. The number of hydrogen-bond acceptors (Lipinski definition) is 1. The third-order valence-electron chi connectivity index (χ3n) is 2.83. The van der Waals surface area contributed by atoms with Crippen LogP contribution in [-0.2, 0) is 4.74 Å². The minimum atomic E-state index is -7.50. The molecule has 0 N–H and O–H groups in total. The van der Waals surface area contributed by atoms with Gasteiger partial charge in [0, 0.05) is 0 Å². The second-order valence-electron chi connectivity index (χ2n) is 4.66. The molecular formula is C9H5F13O. The zero-order valence-electron chi connectivity index (χ0n) is 10.3. The molecule has 1 rings (SSSR count). The fourth-order valence-electron chi connectivity index (χ4n) is 1.46. The molecule has 0 amide bonds. The van der Waals surface area contributed by atoms with Gasteiger partial charge in [-0.1, -0.05) is 0 Å². The van der Waals surface area contributed by atoms with Crippen molar-refractivity contribution >= 4 is 0 Å². The Morgan fingerprint density at radius 2 is 1.04 bits per heavy atom. The maximum absolute atomic E-state index is 13.1. The average Bonchev–Trinajstić information content (AvgIpc) is 3.07. The van der Waals surface area contributed by atoms with Crippen molar-refractivity contribution in [3.63, 3.8) is 0 Å². The van der Waals surface area contributed by atoms with Crippen LogP contribution in [0.3, 0.4) is 0 Å². The molecule has 0 radical (unpaired) electrons. The molecule has 1 atom stereocenters. The molecule has 14 heteroatoms. The van der Waals surface area contributed by atoms with Crippen molar-refractivity contribution in [2.75, 3.05) is 6.61 Å². The molecule has 1 nitrogen and oxygen atoms in total. The van der Waals surface area contributed by atoms with Crippen molar-refractivity contribution < 1.29 is 61.8 Å². The molecule has 0 aromatic rings. The summed E-state index contributed by atoms with van der Waals surface area (Å²) in [6.45, 7) is -1.25. The van der Waals surface area contributed by atoms with Crippen molar-refractivity contribution in [2.24, 2.45) is 0 Å². The Morgan fingerprint density at radius 3 is 1.35 bits per heavy atom. The number of ether oxygens (including phenoxy) is 1. The normalized spacial score (nSPS) is 21.5. The summed E-state index contributed by atoms with van der Waals surface area (Å²) in [6, 6.07) is 0. The van der Waals surface area contributed by atoms with Crippen molar-refractivity contribution in [1.82, 2.24) is 0 Å². The van der Waals surface area contributed by atoms with Crippen LogP contribution in [0.15, 0.2) is 0 Å². The molecular weight excluding hydrogens is 371 g/mol. The van der Waals surface area contributed by atoms with Crippen LogP contribution in [0.5, 0.6) is 0 Å². The molecule has 0 spiro atoms. The highest BCUT2D eigenvalue weighted by Gasteiger charge is 2.88. The molecule has 0 bridgehead atoms. The number of rotatable bonds is 6. The molecule has 1 fully saturated rings. The van der Waals surface area contributed by atoms with Crippen molar-refractivity contribution in [1.29, 1.82) is 0 Å². The highest BCUT2D eigenvalue weighted by molar-refractivity contribution is 5.11. The fourth-order valence-corrected chi connectivity index (χ4v) is 1.46. The predicted octanol–water partition coefficient (Wildman–Crippen LogP) is 4.51. The summed E-state index contributed by atoms with van der Waals surface area (Å²) in [5, 5.41) is 0. The largest absolute Gasteiger partial charge is 0.395 e. The van der Waals surface area contributed by atoms with Crippen molar-refractivity contribution in [3.05, 3.63) is 0 Å². The van der Waals surface area contributed by atoms with Gasteiger partial charge in [-0.25, -0.2) is 0 Å². The molecule has 0 aromatic carbocycles. The first-order valence-corrected chi connectivity index (χ1v) is 5.39. The molecule has 23 heavy (non-hydrogen) atoms. The third kappa shape index (κ3) is 3.05. The third-order valence-corrected chi connectivity index (χ3v) is 2.83. The van der Waals surface area contributed by atoms with Gasteiger partial charge in [0.05, 0.1) is 6.61 Å². The van der Waals surface area contributed by atoms with Gasteiger partial charge in [-0.15, -0.1) is 0 Å². The maximum Gasteiger partial charge on any atom is 0.395 e. The van der Waals surface area contributed by atoms with E-state index < -0.39 is 54.9 Å². The topological polar surface area (TPSA) is 12.5 Å². The summed E-state index contributed by atoms with van der Waals surface area (Å²) < 4.78 is 168. The van der Waals surface area contributed by atoms with Gasteiger partial charge >= 0.3 is 35.8 Å². The lowest BCUT2D eigenvalue weighted by Crippen LogP contribution is -2.68. The molecule has 138 valence electrons. The predicted molar refractivity (Wildman–Crippen MR) is 45.1 cm³/mol. The van der Waals surface area contributed by atoms with E-state index in [2.05, 4.69) is 4.74 Å². The minimum Gasteiger partial charge on any atom is -0.366 e. The number of hydrogen-bond donors (Lipinski definition) is 0. The quantitative estimate of drug-likeness (QED) is 0.491. The van der Waals surface area contributed by atoms with E-state index in [-0.39, 0.29) is 0 Å². The first-order chi connectivity index (χ1) is 9.81. The molecule has 0 aromatic heterocycles. The van der Waals surface area contributed by atoms with E-state index in [0.29, 0.717) is 0 Å². The molecule has 1 aliphatic heterocycles. The number of epoxide rings is 1. The van der Waals surface area contributed by atoms with Gasteiger partial charge in [0.15, 0.2) is 6.10 Å². The first kappa shape index (κ1) is 20.1. The van der Waals surface area contributed by atoms with Gasteiger partial charge in [-0.3, -0.25) is 0 Å². The van der Waals surface area contributed by atoms with Crippen LogP contribution >= 0.6 is 0 Å². The summed E-state index contributed by atoms with van der Waals surface area (Å²) >= 11 is 0. The zero-order chi connectivity index (χ0) is 18.7. The standard InChI is InChI=1S/C9H5F13O/c10-4(11,2-5(12,13)14)7(17,18)9(21,22)8(19,20)6(15,16)3-1-23-3/h3H,1-2H2.